The number of allylic oxidation sites excluding steroid dienone is 2. The van der Waals surface area contributed by atoms with E-state index in [0.717, 1.165) is 31.7 Å². The van der Waals surface area contributed by atoms with E-state index in [1.165, 1.54) is 36.2 Å². The van der Waals surface area contributed by atoms with Crippen molar-refractivity contribution in [3.8, 4) is 27.8 Å². The van der Waals surface area contributed by atoms with E-state index in [-0.39, 0.29) is 41.9 Å². The van der Waals surface area contributed by atoms with Crippen LogP contribution in [0.2, 0.25) is 5.02 Å². The second-order valence-corrected chi connectivity index (χ2v) is 16.9. The van der Waals surface area contributed by atoms with Gasteiger partial charge in [0, 0.05) is 46.5 Å². The zero-order chi connectivity index (χ0) is 40.2. The van der Waals surface area contributed by atoms with Crippen molar-refractivity contribution >= 4 is 74.2 Å². The molecule has 11 nitrogen and oxygen atoms in total. The first kappa shape index (κ1) is 36.9. The smallest absolute Gasteiger partial charge is 0.242 e. The number of nitrogens with zero attached hydrogens (tertiary/aromatic N) is 4. The highest BCUT2D eigenvalue weighted by molar-refractivity contribution is 7.22. The molecular weight excluding hydrogens is 764 g/mol. The summed E-state index contributed by atoms with van der Waals surface area (Å²) in [6, 6.07) is 17.5. The highest BCUT2D eigenvalue weighted by Crippen LogP contribution is 2.66. The number of imide groups is 2. The van der Waals surface area contributed by atoms with E-state index in [1.807, 2.05) is 31.2 Å². The number of ether oxygens (including phenoxy) is 2. The molecule has 0 radical (unpaired) electrons. The summed E-state index contributed by atoms with van der Waals surface area (Å²) in [5, 5.41) is 17.1. The molecule has 3 fully saturated rings. The molecule has 2 aliphatic heterocycles. The van der Waals surface area contributed by atoms with Gasteiger partial charge in [-0.3, -0.25) is 28.8 Å². The van der Waals surface area contributed by atoms with Gasteiger partial charge in [0.05, 0.1) is 48.0 Å². The lowest BCUT2D eigenvalue weighted by atomic mass is 9.51. The number of hydrogen-bond donors (Lipinski definition) is 1. The van der Waals surface area contributed by atoms with Crippen LogP contribution in [-0.4, -0.2) is 52.7 Å². The van der Waals surface area contributed by atoms with Crippen molar-refractivity contribution in [2.45, 2.75) is 32.6 Å². The summed E-state index contributed by atoms with van der Waals surface area (Å²) in [6.45, 7) is 7.60. The molecule has 4 heterocycles. The number of anilines is 2. The fourth-order valence-corrected chi connectivity index (χ4v) is 11.3. The molecule has 290 valence electrons. The number of hydrogen-bond acceptors (Lipinski definition) is 9. The first-order valence-corrected chi connectivity index (χ1v) is 19.9. The van der Waals surface area contributed by atoms with Gasteiger partial charge in [-0.1, -0.05) is 48.0 Å². The standard InChI is InChI=1S/C44H39ClN4O7S/c1-7-22-8-11-24(12-9-22)48-40(51)27-14-13-26-29(36(27)42(48)53)19-30-41(52)49(43(54)44(30,3)38(26)37-32(55-5)17-25(50)18-33(37)56-6)35-20-31(46-47(35)4)39-21(2)28-16-23(45)10-15-34(28)57-39/h7-13,15-18,20,27,29-30,36,38,50H,1,14,19H2,2-6H3. The van der Waals surface area contributed by atoms with Crippen LogP contribution < -0.4 is 19.3 Å². The number of rotatable bonds is 7. The van der Waals surface area contributed by atoms with Crippen LogP contribution in [0.15, 0.2) is 78.9 Å². The van der Waals surface area contributed by atoms with Gasteiger partial charge >= 0.3 is 0 Å². The van der Waals surface area contributed by atoms with Crippen LogP contribution in [0.3, 0.4) is 0 Å². The Morgan fingerprint density at radius 1 is 0.947 bits per heavy atom. The average molecular weight is 803 g/mol. The number of carbonyl (C=O) groups excluding carboxylic acids is 4. The Hall–Kier alpha value is -5.72. The first-order valence-electron chi connectivity index (χ1n) is 18.7. The Labute approximate surface area is 337 Å². The van der Waals surface area contributed by atoms with E-state index < -0.39 is 46.8 Å². The minimum absolute atomic E-state index is 0.106. The molecule has 4 amide bonds. The number of methoxy groups -OCH3 is 2. The fraction of sp³-hybridized carbons (Fsp3) is 0.295. The van der Waals surface area contributed by atoms with Crippen LogP contribution in [0, 0.1) is 36.0 Å². The fourth-order valence-electron chi connectivity index (χ4n) is 9.98. The van der Waals surface area contributed by atoms with E-state index in [4.69, 9.17) is 26.2 Å². The van der Waals surface area contributed by atoms with E-state index in [9.17, 15) is 14.7 Å². The summed E-state index contributed by atoms with van der Waals surface area (Å²) in [4.78, 5) is 62.5. The van der Waals surface area contributed by atoms with Gasteiger partial charge < -0.3 is 14.6 Å². The number of aryl methyl sites for hydroxylation is 2. The lowest BCUT2D eigenvalue weighted by molar-refractivity contribution is -0.131. The van der Waals surface area contributed by atoms with E-state index in [0.29, 0.717) is 27.8 Å². The lowest BCUT2D eigenvalue weighted by Crippen LogP contribution is -2.49. The van der Waals surface area contributed by atoms with Gasteiger partial charge in [-0.05, 0) is 79.5 Å². The zero-order valence-electron chi connectivity index (χ0n) is 31.9. The predicted molar refractivity (Wildman–Crippen MR) is 219 cm³/mol. The van der Waals surface area contributed by atoms with Crippen molar-refractivity contribution in [3.05, 3.63) is 101 Å². The molecular formula is C44H39ClN4O7S. The summed E-state index contributed by atoms with van der Waals surface area (Å²) in [5.41, 5.74) is 2.75. The lowest BCUT2D eigenvalue weighted by Gasteiger charge is -2.49. The minimum Gasteiger partial charge on any atom is -0.508 e. The Balaban J connectivity index is 1.18. The van der Waals surface area contributed by atoms with Crippen LogP contribution in [0.1, 0.15) is 42.4 Å². The van der Waals surface area contributed by atoms with Crippen molar-refractivity contribution in [1.82, 2.24) is 9.78 Å². The SMILES string of the molecule is C=Cc1ccc(N2C(=O)C3CC=C4C(CC5C(=O)N(c6cc(-c7sc8ccc(Cl)cc8c7C)nn6C)C(=O)C5(C)C4c4c(OC)cc(O)cc4OC)C3C2=O)cc1. The van der Waals surface area contributed by atoms with Gasteiger partial charge in [-0.25, -0.2) is 4.90 Å². The van der Waals surface area contributed by atoms with Crippen LogP contribution in [0.4, 0.5) is 11.5 Å². The van der Waals surface area contributed by atoms with E-state index in [2.05, 4.69) is 6.58 Å². The Bertz CT molecular complexity index is 2600. The topological polar surface area (TPSA) is 131 Å². The van der Waals surface area contributed by atoms with E-state index >= 15 is 9.59 Å². The molecule has 4 aliphatic rings. The number of phenols is 1. The molecule has 5 aromatic rings. The molecule has 6 atom stereocenters. The summed E-state index contributed by atoms with van der Waals surface area (Å²) in [5.74, 6) is -4.51. The third kappa shape index (κ3) is 5.19. The second-order valence-electron chi connectivity index (χ2n) is 15.4. The maximum Gasteiger partial charge on any atom is 0.242 e. The van der Waals surface area contributed by atoms with Crippen molar-refractivity contribution in [2.75, 3.05) is 24.0 Å². The van der Waals surface area contributed by atoms with E-state index in [1.54, 1.807) is 66.4 Å². The summed E-state index contributed by atoms with van der Waals surface area (Å²) < 4.78 is 14.3. The molecule has 13 heteroatoms. The quantitative estimate of drug-likeness (QED) is 0.129. The van der Waals surface area contributed by atoms with Crippen molar-refractivity contribution in [3.63, 3.8) is 0 Å². The van der Waals surface area contributed by atoms with Crippen LogP contribution >= 0.6 is 22.9 Å². The highest BCUT2D eigenvalue weighted by Gasteiger charge is 2.68. The number of aromatic hydroxyl groups is 1. The second kappa shape index (κ2) is 13.2. The number of halogens is 1. The van der Waals surface area contributed by atoms with Gasteiger partial charge in [0.15, 0.2) is 0 Å². The van der Waals surface area contributed by atoms with Crippen molar-refractivity contribution in [1.29, 1.82) is 0 Å². The summed E-state index contributed by atoms with van der Waals surface area (Å²) in [7, 11) is 4.64. The van der Waals surface area contributed by atoms with Gasteiger partial charge in [0.1, 0.15) is 28.8 Å². The highest BCUT2D eigenvalue weighted by atomic mass is 35.5. The van der Waals surface area contributed by atoms with Crippen LogP contribution in [-0.2, 0) is 26.2 Å². The number of benzene rings is 3. The number of amides is 4. The molecule has 6 unspecified atom stereocenters. The molecule has 0 bridgehead atoms. The van der Waals surface area contributed by atoms with Gasteiger partial charge in [-0.2, -0.15) is 5.10 Å². The number of carbonyl (C=O) groups is 4. The molecule has 9 rings (SSSR count). The minimum atomic E-state index is -1.40. The number of phenolic OH excluding ortho intramolecular Hbond substituents is 1. The molecule has 57 heavy (non-hydrogen) atoms. The van der Waals surface area contributed by atoms with Gasteiger partial charge in [0.25, 0.3) is 0 Å². The van der Waals surface area contributed by atoms with Crippen LogP contribution in [0.25, 0.3) is 26.7 Å². The monoisotopic (exact) mass is 802 g/mol. The molecule has 2 aromatic heterocycles. The van der Waals surface area contributed by atoms with Crippen LogP contribution in [0.5, 0.6) is 17.2 Å². The maximum atomic E-state index is 15.3. The van der Waals surface area contributed by atoms with Gasteiger partial charge in [-0.15, -0.1) is 11.3 Å². The first-order chi connectivity index (χ1) is 27.3. The summed E-state index contributed by atoms with van der Waals surface area (Å²) >= 11 is 7.89. The van der Waals surface area contributed by atoms with Crippen molar-refractivity contribution in [2.24, 2.45) is 36.1 Å². The third-order valence-corrected chi connectivity index (χ3v) is 14.2. The largest absolute Gasteiger partial charge is 0.508 e. The summed E-state index contributed by atoms with van der Waals surface area (Å²) in [6.07, 6.45) is 4.08. The molecule has 1 saturated carbocycles. The molecule has 2 saturated heterocycles. The normalized spacial score (nSPS) is 25.4. The van der Waals surface area contributed by atoms with Gasteiger partial charge in [0.2, 0.25) is 23.6 Å². The Kier molecular flexibility index (Phi) is 8.53. The third-order valence-electron chi connectivity index (χ3n) is 12.7. The van der Waals surface area contributed by atoms with Crippen molar-refractivity contribution < 1.29 is 33.8 Å². The molecule has 3 aromatic carbocycles. The predicted octanol–water partition coefficient (Wildman–Crippen LogP) is 8.06. The number of fused-ring (bicyclic) bond motifs is 5. The number of thiophene rings is 1. The maximum absolute atomic E-state index is 15.3. The number of aromatic nitrogens is 2. The Morgan fingerprint density at radius 2 is 1.65 bits per heavy atom. The molecule has 0 spiro atoms. The average Bonchev–Trinajstić information content (AvgIpc) is 3.87. The Morgan fingerprint density at radius 3 is 2.32 bits per heavy atom. The zero-order valence-corrected chi connectivity index (χ0v) is 33.5. The molecule has 2 aliphatic carbocycles. The molecule has 1 N–H and O–H groups in total.